The lowest BCUT2D eigenvalue weighted by atomic mass is 10.3. The Labute approximate surface area is 137 Å². The number of hydrogen-bond acceptors (Lipinski definition) is 7. The molecule has 1 aliphatic heterocycles. The number of amides is 2. The molecule has 1 N–H and O–H groups in total. The molecule has 0 aliphatic carbocycles. The molecule has 0 aromatic heterocycles. The Bertz CT molecular complexity index is 625. The van der Waals surface area contributed by atoms with Crippen LogP contribution in [0.5, 0.6) is 0 Å². The van der Waals surface area contributed by atoms with Crippen LogP contribution < -0.4 is 5.32 Å². The zero-order chi connectivity index (χ0) is 17.4. The summed E-state index contributed by atoms with van der Waals surface area (Å²) in [5.41, 5.74) is 0.299. The molecule has 0 saturated carbocycles. The third-order valence-corrected chi connectivity index (χ3v) is 3.14. The monoisotopic (exact) mass is 336 g/mol. The van der Waals surface area contributed by atoms with Gasteiger partial charge in [0.2, 0.25) is 0 Å². The maximum absolute atomic E-state index is 11.7. The summed E-state index contributed by atoms with van der Waals surface area (Å²) in [6.07, 6.45) is 0.883. The number of anilines is 1. The highest BCUT2D eigenvalue weighted by Crippen LogP contribution is 2.14. The molecule has 10 heteroatoms. The molecule has 0 unspecified atom stereocenters. The minimum atomic E-state index is -0.581. The van der Waals surface area contributed by atoms with Gasteiger partial charge in [0.05, 0.1) is 18.1 Å². The van der Waals surface area contributed by atoms with Crippen LogP contribution >= 0.6 is 0 Å². The lowest BCUT2D eigenvalue weighted by Crippen LogP contribution is -2.42. The number of nitrogens with one attached hydrogen (secondary N) is 1. The van der Waals surface area contributed by atoms with Crippen LogP contribution in [0, 0.1) is 10.1 Å². The van der Waals surface area contributed by atoms with E-state index in [-0.39, 0.29) is 18.2 Å². The van der Waals surface area contributed by atoms with Crippen molar-refractivity contribution in [2.45, 2.75) is 0 Å². The van der Waals surface area contributed by atoms with Gasteiger partial charge in [-0.05, 0) is 12.1 Å². The first-order valence-corrected chi connectivity index (χ1v) is 7.12. The number of rotatable bonds is 6. The number of benzene rings is 1. The van der Waals surface area contributed by atoms with Gasteiger partial charge in [-0.1, -0.05) is 5.16 Å². The van der Waals surface area contributed by atoms with Crippen LogP contribution in [0.4, 0.5) is 11.4 Å². The van der Waals surface area contributed by atoms with Crippen molar-refractivity contribution in [2.75, 3.05) is 38.2 Å². The molecule has 128 valence electrons. The van der Waals surface area contributed by atoms with Crippen molar-refractivity contribution in [1.82, 2.24) is 4.90 Å². The molecule has 0 radical (unpaired) electrons. The minimum absolute atomic E-state index is 0.0772. The van der Waals surface area contributed by atoms with Crippen LogP contribution in [0.1, 0.15) is 0 Å². The lowest BCUT2D eigenvalue weighted by molar-refractivity contribution is -0.384. The molecule has 1 fully saturated rings. The van der Waals surface area contributed by atoms with Gasteiger partial charge >= 0.3 is 0 Å². The summed E-state index contributed by atoms with van der Waals surface area (Å²) in [5.74, 6) is -0.811. The highest BCUT2D eigenvalue weighted by molar-refractivity contribution is 6.31. The van der Waals surface area contributed by atoms with E-state index in [2.05, 4.69) is 10.5 Å². The van der Waals surface area contributed by atoms with Gasteiger partial charge in [0, 0.05) is 30.9 Å². The Morgan fingerprint density at radius 3 is 2.62 bits per heavy atom. The summed E-state index contributed by atoms with van der Waals surface area (Å²) in [6, 6.07) is 5.33. The molecular formula is C14H16N4O6. The van der Waals surface area contributed by atoms with Crippen LogP contribution in [0.2, 0.25) is 0 Å². The van der Waals surface area contributed by atoms with E-state index in [1.807, 2.05) is 0 Å². The highest BCUT2D eigenvalue weighted by Gasteiger charge is 2.16. The molecule has 2 rings (SSSR count). The predicted molar refractivity (Wildman–Crippen MR) is 83.6 cm³/mol. The second kappa shape index (κ2) is 8.58. The number of nitro benzene ring substituents is 1. The molecule has 1 aromatic carbocycles. The van der Waals surface area contributed by atoms with E-state index in [1.165, 1.54) is 24.3 Å². The van der Waals surface area contributed by atoms with E-state index in [0.717, 1.165) is 6.21 Å². The zero-order valence-corrected chi connectivity index (χ0v) is 12.7. The van der Waals surface area contributed by atoms with Crippen molar-refractivity contribution < 1.29 is 24.1 Å². The molecule has 0 spiro atoms. The van der Waals surface area contributed by atoms with Crippen molar-refractivity contribution in [1.29, 1.82) is 0 Å². The number of carbonyl (C=O) groups is 2. The molecule has 0 bridgehead atoms. The molecule has 10 nitrogen and oxygen atoms in total. The summed E-state index contributed by atoms with van der Waals surface area (Å²) < 4.78 is 5.13. The van der Waals surface area contributed by atoms with E-state index in [1.54, 1.807) is 4.90 Å². The van der Waals surface area contributed by atoms with Crippen LogP contribution in [0.15, 0.2) is 29.4 Å². The Hall–Kier alpha value is -3.01. The predicted octanol–water partition coefficient (Wildman–Crippen LogP) is 0.395. The van der Waals surface area contributed by atoms with Crippen molar-refractivity contribution in [3.8, 4) is 0 Å². The second-order valence-corrected chi connectivity index (χ2v) is 4.79. The van der Waals surface area contributed by atoms with E-state index in [4.69, 9.17) is 9.57 Å². The van der Waals surface area contributed by atoms with Crippen LogP contribution in [-0.2, 0) is 19.2 Å². The van der Waals surface area contributed by atoms with Gasteiger partial charge < -0.3 is 19.8 Å². The number of nitrogens with zero attached hydrogens (tertiary/aromatic N) is 3. The third-order valence-electron chi connectivity index (χ3n) is 3.14. The molecule has 0 atom stereocenters. The number of ether oxygens (including phenoxy) is 1. The zero-order valence-electron chi connectivity index (χ0n) is 12.7. The van der Waals surface area contributed by atoms with Crippen LogP contribution in [0.3, 0.4) is 0 Å². The number of non-ortho nitro benzene ring substituents is 1. The molecule has 1 saturated heterocycles. The fourth-order valence-electron chi connectivity index (χ4n) is 1.92. The van der Waals surface area contributed by atoms with Gasteiger partial charge in [-0.3, -0.25) is 19.7 Å². The molecule has 1 aliphatic rings. The van der Waals surface area contributed by atoms with E-state index < -0.39 is 10.8 Å². The van der Waals surface area contributed by atoms with Crippen molar-refractivity contribution in [3.63, 3.8) is 0 Å². The van der Waals surface area contributed by atoms with Gasteiger partial charge in [-0.2, -0.15) is 0 Å². The fourth-order valence-corrected chi connectivity index (χ4v) is 1.92. The molecule has 2 amide bonds. The van der Waals surface area contributed by atoms with E-state index in [9.17, 15) is 19.7 Å². The highest BCUT2D eigenvalue weighted by atomic mass is 16.6. The van der Waals surface area contributed by atoms with Crippen molar-refractivity contribution >= 4 is 29.4 Å². The average Bonchev–Trinajstić information content (AvgIpc) is 2.59. The fraction of sp³-hybridized carbons (Fsp3) is 0.357. The summed E-state index contributed by atoms with van der Waals surface area (Å²) in [6.45, 7) is 1.74. The smallest absolute Gasteiger partial charge is 0.270 e. The van der Waals surface area contributed by atoms with Crippen LogP contribution in [-0.4, -0.2) is 60.8 Å². The first kappa shape index (κ1) is 17.3. The van der Waals surface area contributed by atoms with Gasteiger partial charge in [-0.25, -0.2) is 0 Å². The summed E-state index contributed by atoms with van der Waals surface area (Å²) in [5, 5.41) is 16.4. The van der Waals surface area contributed by atoms with Gasteiger partial charge in [0.25, 0.3) is 17.5 Å². The topological polar surface area (TPSA) is 123 Å². The number of hydrogen-bond donors (Lipinski definition) is 1. The number of oxime groups is 1. The minimum Gasteiger partial charge on any atom is -0.386 e. The molecule has 1 aromatic rings. The van der Waals surface area contributed by atoms with Gasteiger partial charge in [0.1, 0.15) is 6.21 Å². The maximum atomic E-state index is 11.7. The van der Waals surface area contributed by atoms with Gasteiger partial charge in [-0.15, -0.1) is 0 Å². The first-order chi connectivity index (χ1) is 11.6. The van der Waals surface area contributed by atoms with Crippen molar-refractivity contribution in [3.05, 3.63) is 34.4 Å². The number of carbonyl (C=O) groups excluding carboxylic acids is 2. The van der Waals surface area contributed by atoms with E-state index in [0.29, 0.717) is 32.0 Å². The Balaban J connectivity index is 1.72. The molecule has 1 heterocycles. The normalized spacial score (nSPS) is 14.4. The number of nitro groups is 1. The second-order valence-electron chi connectivity index (χ2n) is 4.79. The van der Waals surface area contributed by atoms with E-state index >= 15 is 0 Å². The Morgan fingerprint density at radius 2 is 2.00 bits per heavy atom. The van der Waals surface area contributed by atoms with Crippen LogP contribution in [0.25, 0.3) is 0 Å². The molecular weight excluding hydrogens is 320 g/mol. The van der Waals surface area contributed by atoms with Gasteiger partial charge in [0.15, 0.2) is 6.61 Å². The number of morpholine rings is 1. The Morgan fingerprint density at radius 1 is 1.33 bits per heavy atom. The van der Waals surface area contributed by atoms with Crippen molar-refractivity contribution in [2.24, 2.45) is 5.16 Å². The summed E-state index contributed by atoms with van der Waals surface area (Å²) in [4.78, 5) is 39.7. The first-order valence-electron chi connectivity index (χ1n) is 7.12. The molecule has 24 heavy (non-hydrogen) atoms. The Kier molecular flexibility index (Phi) is 6.20. The maximum Gasteiger partial charge on any atom is 0.270 e. The largest absolute Gasteiger partial charge is 0.386 e. The average molecular weight is 336 g/mol. The quantitative estimate of drug-likeness (QED) is 0.455. The summed E-state index contributed by atoms with van der Waals surface area (Å²) in [7, 11) is 0. The SMILES string of the molecule is O=C(/C=N\OCC(=O)N1CCOCC1)Nc1ccc([N+](=O)[O-])cc1. The summed E-state index contributed by atoms with van der Waals surface area (Å²) >= 11 is 0. The third kappa shape index (κ3) is 5.32. The standard InChI is InChI=1S/C14H16N4O6/c19-13(16-11-1-3-12(4-2-11)18(21)22)9-15-24-10-14(20)17-5-7-23-8-6-17/h1-4,9H,5-8,10H2,(H,16,19)/b15-9-. The lowest BCUT2D eigenvalue weighted by Gasteiger charge is -2.26.